The first-order valence-corrected chi connectivity index (χ1v) is 4.85. The summed E-state index contributed by atoms with van der Waals surface area (Å²) in [4.78, 5) is 13.7. The van der Waals surface area contributed by atoms with Gasteiger partial charge in [-0.2, -0.15) is 0 Å². The van der Waals surface area contributed by atoms with Crippen molar-refractivity contribution in [1.82, 2.24) is 4.90 Å². The Hall–Kier alpha value is -1.35. The smallest absolute Gasteiger partial charge is 0.330 e. The van der Waals surface area contributed by atoms with Gasteiger partial charge in [-0.25, -0.2) is 4.79 Å². The molecule has 1 aromatic rings. The van der Waals surface area contributed by atoms with E-state index >= 15 is 0 Å². The van der Waals surface area contributed by atoms with Crippen molar-refractivity contribution >= 4 is 5.97 Å². The molecule has 82 valence electrons. The van der Waals surface area contributed by atoms with Gasteiger partial charge in [-0.05, 0) is 26.6 Å². The van der Waals surface area contributed by atoms with Gasteiger partial charge in [0.15, 0.2) is 0 Å². The number of hydrogen-bond acceptors (Lipinski definition) is 3. The summed E-state index contributed by atoms with van der Waals surface area (Å²) in [6.07, 6.45) is 0. The molecule has 0 spiro atoms. The summed E-state index contributed by atoms with van der Waals surface area (Å²) in [6.45, 7) is 1.86. The SMILES string of the molecule is COC(=O)[C@](C)(c1ccccc1)N(C)C. The van der Waals surface area contributed by atoms with Crippen LogP contribution in [0.2, 0.25) is 0 Å². The summed E-state index contributed by atoms with van der Waals surface area (Å²) in [5.41, 5.74) is 0.206. The van der Waals surface area contributed by atoms with Gasteiger partial charge in [-0.15, -0.1) is 0 Å². The van der Waals surface area contributed by atoms with Crippen LogP contribution in [0.5, 0.6) is 0 Å². The number of esters is 1. The lowest BCUT2D eigenvalue weighted by Crippen LogP contribution is -2.46. The molecule has 0 unspecified atom stereocenters. The van der Waals surface area contributed by atoms with Crippen molar-refractivity contribution in [2.75, 3.05) is 21.2 Å². The maximum absolute atomic E-state index is 11.8. The van der Waals surface area contributed by atoms with Crippen molar-refractivity contribution in [2.45, 2.75) is 12.5 Å². The van der Waals surface area contributed by atoms with E-state index in [1.807, 2.05) is 56.3 Å². The molecule has 0 bridgehead atoms. The highest BCUT2D eigenvalue weighted by atomic mass is 16.5. The van der Waals surface area contributed by atoms with E-state index < -0.39 is 5.54 Å². The zero-order valence-electron chi connectivity index (χ0n) is 9.65. The first-order valence-electron chi connectivity index (χ1n) is 4.85. The van der Waals surface area contributed by atoms with Crippen LogP contribution < -0.4 is 0 Å². The number of nitrogens with zero attached hydrogens (tertiary/aromatic N) is 1. The lowest BCUT2D eigenvalue weighted by molar-refractivity contribution is -0.153. The van der Waals surface area contributed by atoms with Gasteiger partial charge in [0.05, 0.1) is 7.11 Å². The van der Waals surface area contributed by atoms with Crippen LogP contribution in [-0.4, -0.2) is 32.1 Å². The molecule has 0 amide bonds. The maximum Gasteiger partial charge on any atom is 0.330 e. The van der Waals surface area contributed by atoms with Crippen molar-refractivity contribution in [3.8, 4) is 0 Å². The van der Waals surface area contributed by atoms with Crippen LogP contribution in [0.15, 0.2) is 30.3 Å². The maximum atomic E-state index is 11.8. The van der Waals surface area contributed by atoms with Crippen LogP contribution in [0.25, 0.3) is 0 Å². The number of methoxy groups -OCH3 is 1. The molecule has 0 N–H and O–H groups in total. The van der Waals surface area contributed by atoms with E-state index in [-0.39, 0.29) is 5.97 Å². The number of ether oxygens (including phenoxy) is 1. The number of hydrogen-bond donors (Lipinski definition) is 0. The summed E-state index contributed by atoms with van der Waals surface area (Å²) in [5.74, 6) is -0.251. The Morgan fingerprint density at radius 1 is 1.27 bits per heavy atom. The summed E-state index contributed by atoms with van der Waals surface area (Å²) in [6, 6.07) is 9.62. The minimum atomic E-state index is -0.726. The summed E-state index contributed by atoms with van der Waals surface area (Å²) in [7, 11) is 5.14. The fourth-order valence-corrected chi connectivity index (χ4v) is 1.52. The molecule has 0 saturated heterocycles. The number of carbonyl (C=O) groups excluding carboxylic acids is 1. The van der Waals surface area contributed by atoms with Crippen molar-refractivity contribution in [2.24, 2.45) is 0 Å². The van der Waals surface area contributed by atoms with Crippen LogP contribution >= 0.6 is 0 Å². The largest absolute Gasteiger partial charge is 0.467 e. The topological polar surface area (TPSA) is 29.5 Å². The predicted molar refractivity (Wildman–Crippen MR) is 59.5 cm³/mol. The predicted octanol–water partition coefficient (Wildman–Crippen LogP) is 1.64. The highest BCUT2D eigenvalue weighted by Gasteiger charge is 2.38. The Bertz CT molecular complexity index is 335. The number of benzene rings is 1. The van der Waals surface area contributed by atoms with E-state index in [4.69, 9.17) is 4.74 Å². The number of likely N-dealkylation sites (N-methyl/N-ethyl adjacent to an activating group) is 1. The average Bonchev–Trinajstić information content (AvgIpc) is 2.27. The summed E-state index contributed by atoms with van der Waals surface area (Å²) in [5, 5.41) is 0. The van der Waals surface area contributed by atoms with Gasteiger partial charge in [0.1, 0.15) is 5.54 Å². The Kier molecular flexibility index (Phi) is 3.48. The fraction of sp³-hybridized carbons (Fsp3) is 0.417. The molecule has 0 aliphatic carbocycles. The van der Waals surface area contributed by atoms with E-state index in [1.54, 1.807) is 0 Å². The molecule has 0 saturated carbocycles. The molecule has 1 aromatic carbocycles. The average molecular weight is 207 g/mol. The quantitative estimate of drug-likeness (QED) is 0.706. The molecule has 0 aliphatic rings. The molecule has 3 heteroatoms. The highest BCUT2D eigenvalue weighted by Crippen LogP contribution is 2.27. The normalized spacial score (nSPS) is 14.7. The fourth-order valence-electron chi connectivity index (χ4n) is 1.52. The van der Waals surface area contributed by atoms with Crippen molar-refractivity contribution in [3.63, 3.8) is 0 Å². The van der Waals surface area contributed by atoms with Gasteiger partial charge in [-0.3, -0.25) is 4.90 Å². The minimum absolute atomic E-state index is 0.251. The van der Waals surface area contributed by atoms with Crippen LogP contribution in [0.4, 0.5) is 0 Å². The molecule has 0 radical (unpaired) electrons. The third-order valence-corrected chi connectivity index (χ3v) is 2.81. The third kappa shape index (κ3) is 2.02. The molecule has 1 rings (SSSR count). The summed E-state index contributed by atoms with van der Waals surface area (Å²) < 4.78 is 4.85. The van der Waals surface area contributed by atoms with Crippen molar-refractivity contribution in [1.29, 1.82) is 0 Å². The second kappa shape index (κ2) is 4.45. The molecule has 0 aromatic heterocycles. The molecular weight excluding hydrogens is 190 g/mol. The lowest BCUT2D eigenvalue weighted by Gasteiger charge is -2.33. The first-order chi connectivity index (χ1) is 7.03. The molecule has 0 aliphatic heterocycles. The molecule has 0 heterocycles. The molecule has 15 heavy (non-hydrogen) atoms. The molecule has 0 fully saturated rings. The Balaban J connectivity index is 3.19. The van der Waals surface area contributed by atoms with E-state index in [9.17, 15) is 4.79 Å². The van der Waals surface area contributed by atoms with Gasteiger partial charge in [0.25, 0.3) is 0 Å². The van der Waals surface area contributed by atoms with E-state index in [0.29, 0.717) is 0 Å². The van der Waals surface area contributed by atoms with Crippen molar-refractivity contribution in [3.05, 3.63) is 35.9 Å². The second-order valence-corrected chi connectivity index (χ2v) is 3.82. The zero-order valence-corrected chi connectivity index (χ0v) is 9.65. The molecule has 3 nitrogen and oxygen atoms in total. The monoisotopic (exact) mass is 207 g/mol. The van der Waals surface area contributed by atoms with E-state index in [2.05, 4.69) is 0 Å². The second-order valence-electron chi connectivity index (χ2n) is 3.82. The highest BCUT2D eigenvalue weighted by molar-refractivity contribution is 5.82. The van der Waals surface area contributed by atoms with Crippen LogP contribution in [0, 0.1) is 0 Å². The number of carbonyl (C=O) groups is 1. The van der Waals surface area contributed by atoms with E-state index in [0.717, 1.165) is 5.56 Å². The van der Waals surface area contributed by atoms with Crippen LogP contribution in [0.3, 0.4) is 0 Å². The van der Waals surface area contributed by atoms with E-state index in [1.165, 1.54) is 7.11 Å². The third-order valence-electron chi connectivity index (χ3n) is 2.81. The minimum Gasteiger partial charge on any atom is -0.467 e. The van der Waals surface area contributed by atoms with Gasteiger partial charge >= 0.3 is 5.97 Å². The standard InChI is InChI=1S/C12H17NO2/c1-12(13(2)3,11(14)15-4)10-8-6-5-7-9-10/h5-9H,1-4H3/t12-/m0/s1. The zero-order chi connectivity index (χ0) is 11.5. The number of rotatable bonds is 3. The van der Waals surface area contributed by atoms with Gasteiger partial charge in [0.2, 0.25) is 0 Å². The Labute approximate surface area is 90.7 Å². The van der Waals surface area contributed by atoms with Crippen molar-refractivity contribution < 1.29 is 9.53 Å². The first kappa shape index (κ1) is 11.7. The van der Waals surface area contributed by atoms with Gasteiger partial charge in [-0.1, -0.05) is 30.3 Å². The van der Waals surface area contributed by atoms with Gasteiger partial charge < -0.3 is 4.74 Å². The summed E-state index contributed by atoms with van der Waals surface area (Å²) >= 11 is 0. The molecular formula is C12H17NO2. The lowest BCUT2D eigenvalue weighted by atomic mass is 9.91. The Morgan fingerprint density at radius 3 is 2.20 bits per heavy atom. The molecule has 1 atom stereocenters. The van der Waals surface area contributed by atoms with Crippen LogP contribution in [0.1, 0.15) is 12.5 Å². The Morgan fingerprint density at radius 2 is 1.80 bits per heavy atom. The van der Waals surface area contributed by atoms with Gasteiger partial charge in [0, 0.05) is 0 Å². The van der Waals surface area contributed by atoms with Crippen LogP contribution in [-0.2, 0) is 15.1 Å².